The number of hydrogen-bond donors (Lipinski definition) is 2. The number of benzene rings is 1. The van der Waals surface area contributed by atoms with Crippen LogP contribution in [0.4, 0.5) is 9.59 Å². The van der Waals surface area contributed by atoms with Crippen molar-refractivity contribution in [2.75, 3.05) is 0 Å². The summed E-state index contributed by atoms with van der Waals surface area (Å²) in [6.45, 7) is 5.32. The number of amides is 2. The number of carbonyl (C=O) groups excluding carboxylic acids is 2. The number of ether oxygens (including phenoxy) is 1. The van der Waals surface area contributed by atoms with Gasteiger partial charge in [0.1, 0.15) is 5.60 Å². The SMILES string of the molecule is CC(C)(C)OC(=O)NC(CCC[C@@H](C(=O)O)N1OC1=O)Cc1ccccc1Cl. The number of halogens is 1. The quantitative estimate of drug-likeness (QED) is 0.597. The van der Waals surface area contributed by atoms with Gasteiger partial charge in [0.2, 0.25) is 0 Å². The molecule has 1 aromatic carbocycles. The number of hydroxylamine groups is 2. The van der Waals surface area contributed by atoms with Crippen LogP contribution in [-0.4, -0.2) is 46.0 Å². The number of nitrogens with zero attached hydrogens (tertiary/aromatic N) is 1. The van der Waals surface area contributed by atoms with E-state index in [4.69, 9.17) is 16.3 Å². The van der Waals surface area contributed by atoms with Crippen molar-refractivity contribution in [3.63, 3.8) is 0 Å². The predicted octanol–water partition coefficient (Wildman–Crippen LogP) is 3.77. The van der Waals surface area contributed by atoms with E-state index in [-0.39, 0.29) is 12.5 Å². The molecule has 2 amide bonds. The molecule has 1 heterocycles. The monoisotopic (exact) mass is 412 g/mol. The second-order valence-corrected chi connectivity index (χ2v) is 8.01. The number of carboxylic acid groups (broad SMARTS) is 1. The molecule has 1 saturated heterocycles. The Labute approximate surface area is 168 Å². The third-order valence-corrected chi connectivity index (χ3v) is 4.44. The molecule has 1 aliphatic rings. The van der Waals surface area contributed by atoms with Crippen molar-refractivity contribution in [3.8, 4) is 0 Å². The molecule has 1 fully saturated rings. The van der Waals surface area contributed by atoms with Crippen molar-refractivity contribution in [3.05, 3.63) is 34.9 Å². The molecule has 2 atom stereocenters. The van der Waals surface area contributed by atoms with Crippen molar-refractivity contribution >= 4 is 29.8 Å². The summed E-state index contributed by atoms with van der Waals surface area (Å²) in [5.74, 6) is -1.13. The third-order valence-electron chi connectivity index (χ3n) is 4.07. The lowest BCUT2D eigenvalue weighted by Gasteiger charge is -2.24. The summed E-state index contributed by atoms with van der Waals surface area (Å²) >= 11 is 6.22. The zero-order chi connectivity index (χ0) is 20.9. The molecule has 2 rings (SSSR count). The van der Waals surface area contributed by atoms with Crippen LogP contribution in [0.5, 0.6) is 0 Å². The predicted molar refractivity (Wildman–Crippen MR) is 102 cm³/mol. The van der Waals surface area contributed by atoms with Gasteiger partial charge in [-0.3, -0.25) is 0 Å². The number of carbonyl (C=O) groups is 3. The number of carboxylic acids is 1. The highest BCUT2D eigenvalue weighted by atomic mass is 35.5. The van der Waals surface area contributed by atoms with Crippen molar-refractivity contribution in [2.24, 2.45) is 0 Å². The maximum atomic E-state index is 12.2. The van der Waals surface area contributed by atoms with E-state index in [1.165, 1.54) is 0 Å². The van der Waals surface area contributed by atoms with Crippen molar-refractivity contribution in [1.29, 1.82) is 0 Å². The average molecular weight is 413 g/mol. The second-order valence-electron chi connectivity index (χ2n) is 7.61. The van der Waals surface area contributed by atoms with Crippen LogP contribution in [0.15, 0.2) is 24.3 Å². The zero-order valence-electron chi connectivity index (χ0n) is 16.1. The number of alkyl carbamates (subject to hydrolysis) is 1. The van der Waals surface area contributed by atoms with Gasteiger partial charge in [0.25, 0.3) is 0 Å². The second kappa shape index (κ2) is 9.14. The van der Waals surface area contributed by atoms with E-state index in [9.17, 15) is 19.5 Å². The molecule has 0 radical (unpaired) electrons. The van der Waals surface area contributed by atoms with Gasteiger partial charge in [-0.1, -0.05) is 29.8 Å². The first-order valence-corrected chi connectivity index (χ1v) is 9.41. The summed E-state index contributed by atoms with van der Waals surface area (Å²) in [6.07, 6.45) is 0.410. The van der Waals surface area contributed by atoms with Crippen LogP contribution in [0.2, 0.25) is 5.02 Å². The Morgan fingerprint density at radius 2 is 1.93 bits per heavy atom. The summed E-state index contributed by atoms with van der Waals surface area (Å²) in [6, 6.07) is 5.97. The summed E-state index contributed by atoms with van der Waals surface area (Å²) < 4.78 is 5.31. The van der Waals surface area contributed by atoms with Gasteiger partial charge in [0, 0.05) is 11.1 Å². The van der Waals surface area contributed by atoms with Crippen LogP contribution < -0.4 is 5.32 Å². The maximum absolute atomic E-state index is 12.2. The summed E-state index contributed by atoms with van der Waals surface area (Å²) in [5, 5.41) is 13.5. The Hall–Kier alpha value is -2.48. The summed E-state index contributed by atoms with van der Waals surface area (Å²) in [7, 11) is 0. The number of nitrogens with one attached hydrogen (secondary N) is 1. The van der Waals surface area contributed by atoms with Crippen LogP contribution in [0.25, 0.3) is 0 Å². The molecule has 0 bridgehead atoms. The van der Waals surface area contributed by atoms with Crippen molar-refractivity contribution < 1.29 is 29.1 Å². The van der Waals surface area contributed by atoms with Gasteiger partial charge in [0.15, 0.2) is 6.04 Å². The van der Waals surface area contributed by atoms with Crippen LogP contribution in [-0.2, 0) is 20.8 Å². The van der Waals surface area contributed by atoms with Gasteiger partial charge in [-0.2, -0.15) is 0 Å². The highest BCUT2D eigenvalue weighted by Gasteiger charge is 2.45. The molecule has 1 unspecified atom stereocenters. The third kappa shape index (κ3) is 6.92. The lowest BCUT2D eigenvalue weighted by molar-refractivity contribution is -0.143. The van der Waals surface area contributed by atoms with Crippen molar-refractivity contribution in [2.45, 2.75) is 64.1 Å². The van der Waals surface area contributed by atoms with E-state index in [1.807, 2.05) is 18.2 Å². The fourth-order valence-electron chi connectivity index (χ4n) is 2.78. The highest BCUT2D eigenvalue weighted by molar-refractivity contribution is 6.31. The van der Waals surface area contributed by atoms with Gasteiger partial charge in [-0.05, 0) is 58.1 Å². The molecule has 0 spiro atoms. The van der Waals surface area contributed by atoms with E-state index in [2.05, 4.69) is 10.2 Å². The molecule has 154 valence electrons. The standard InChI is InChI=1S/C19H25ClN2O6/c1-19(2,3)27-17(25)21-13(11-12-7-4-5-9-14(12)20)8-6-10-15(16(23)24)22-18(26)28-22/h4-5,7,9,13,15H,6,8,10-11H2,1-3H3,(H,21,25)(H,23,24)/t13?,15-,22?/m0/s1. The highest BCUT2D eigenvalue weighted by Crippen LogP contribution is 2.23. The topological polar surface area (TPSA) is 108 Å². The molecule has 8 nitrogen and oxygen atoms in total. The summed E-state index contributed by atoms with van der Waals surface area (Å²) in [5.41, 5.74) is 0.231. The average Bonchev–Trinajstić information content (AvgIpc) is 3.27. The fraction of sp³-hybridized carbons (Fsp3) is 0.526. The van der Waals surface area contributed by atoms with Crippen molar-refractivity contribution in [1.82, 2.24) is 10.4 Å². The molecular formula is C19H25ClN2O6. The van der Waals surface area contributed by atoms with E-state index < -0.39 is 29.8 Å². The minimum Gasteiger partial charge on any atom is -0.480 e. The van der Waals surface area contributed by atoms with Gasteiger partial charge >= 0.3 is 18.2 Å². The molecule has 0 aliphatic carbocycles. The number of hydrogen-bond acceptors (Lipinski definition) is 5. The Morgan fingerprint density at radius 1 is 1.29 bits per heavy atom. The zero-order valence-corrected chi connectivity index (χ0v) is 16.9. The molecule has 1 aliphatic heterocycles. The summed E-state index contributed by atoms with van der Waals surface area (Å²) in [4.78, 5) is 39.0. The number of rotatable bonds is 9. The first kappa shape index (κ1) is 21.8. The molecular weight excluding hydrogens is 388 g/mol. The lowest BCUT2D eigenvalue weighted by atomic mass is 9.99. The molecule has 1 aromatic rings. The van der Waals surface area contributed by atoms with Crippen LogP contribution >= 0.6 is 11.6 Å². The van der Waals surface area contributed by atoms with E-state index in [0.717, 1.165) is 10.6 Å². The lowest BCUT2D eigenvalue weighted by Crippen LogP contribution is -2.40. The van der Waals surface area contributed by atoms with Gasteiger partial charge < -0.3 is 20.0 Å². The van der Waals surface area contributed by atoms with Gasteiger partial charge in [-0.25, -0.2) is 14.4 Å². The van der Waals surface area contributed by atoms with Crippen LogP contribution in [0.1, 0.15) is 45.6 Å². The normalized spacial score (nSPS) is 15.4. The Kier molecular flexibility index (Phi) is 7.12. The van der Waals surface area contributed by atoms with E-state index in [0.29, 0.717) is 24.3 Å². The van der Waals surface area contributed by atoms with E-state index >= 15 is 0 Å². The van der Waals surface area contributed by atoms with Gasteiger partial charge in [-0.15, -0.1) is 5.06 Å². The molecule has 9 heteroatoms. The Balaban J connectivity index is 1.98. The fourth-order valence-corrected chi connectivity index (χ4v) is 2.99. The molecule has 2 N–H and O–H groups in total. The Bertz CT molecular complexity index is 733. The smallest absolute Gasteiger partial charge is 0.468 e. The number of aliphatic carboxylic acids is 1. The molecule has 0 saturated carbocycles. The largest absolute Gasteiger partial charge is 0.480 e. The Morgan fingerprint density at radius 3 is 2.46 bits per heavy atom. The van der Waals surface area contributed by atoms with Crippen LogP contribution in [0.3, 0.4) is 0 Å². The maximum Gasteiger partial charge on any atom is 0.468 e. The molecule has 28 heavy (non-hydrogen) atoms. The first-order chi connectivity index (χ1) is 13.1. The first-order valence-electron chi connectivity index (χ1n) is 9.03. The van der Waals surface area contributed by atoms with Gasteiger partial charge in [0.05, 0.1) is 0 Å². The minimum atomic E-state index is -1.13. The van der Waals surface area contributed by atoms with E-state index in [1.54, 1.807) is 26.8 Å². The minimum absolute atomic E-state index is 0.204. The van der Waals surface area contributed by atoms with Crippen LogP contribution in [0, 0.1) is 0 Å². The molecule has 0 aromatic heterocycles.